The van der Waals surface area contributed by atoms with Crippen LogP contribution in [0.2, 0.25) is 0 Å². The number of hydrogen-bond donors (Lipinski definition) is 0. The second kappa shape index (κ2) is 22.2. The monoisotopic (exact) mass is 392 g/mol. The van der Waals surface area contributed by atoms with Gasteiger partial charge in [0.1, 0.15) is 0 Å². The maximum atomic E-state index is 11.7. The molecule has 2 nitrogen and oxygen atoms in total. The molecule has 164 valence electrons. The van der Waals surface area contributed by atoms with Crippen LogP contribution in [0.1, 0.15) is 124 Å². The minimum Gasteiger partial charge on any atom is -0.466 e. The van der Waals surface area contributed by atoms with E-state index in [1.165, 1.54) is 70.6 Å². The van der Waals surface area contributed by atoms with Crippen molar-refractivity contribution in [2.24, 2.45) is 5.92 Å². The average molecular weight is 393 g/mol. The Hall–Kier alpha value is -1.05. The number of esters is 1. The zero-order valence-electron chi connectivity index (χ0n) is 19.2. The molecule has 0 radical (unpaired) electrons. The molecule has 0 N–H and O–H groups in total. The first-order valence-electron chi connectivity index (χ1n) is 12.1. The summed E-state index contributed by atoms with van der Waals surface area (Å²) in [5, 5.41) is 0. The molecule has 0 aliphatic heterocycles. The Morgan fingerprint density at radius 2 is 1.36 bits per heavy atom. The summed E-state index contributed by atoms with van der Waals surface area (Å²) >= 11 is 0. The summed E-state index contributed by atoms with van der Waals surface area (Å²) in [6.45, 7) is 7.37. The van der Waals surface area contributed by atoms with Crippen LogP contribution in [0, 0.1) is 5.92 Å². The molecule has 0 heterocycles. The fourth-order valence-electron chi connectivity index (χ4n) is 3.17. The van der Waals surface area contributed by atoms with E-state index in [0.29, 0.717) is 13.0 Å². The molecule has 0 unspecified atom stereocenters. The Labute approximate surface area is 176 Å². The van der Waals surface area contributed by atoms with Crippen LogP contribution in [-0.4, -0.2) is 12.6 Å². The minimum absolute atomic E-state index is 0.00505. The Morgan fingerprint density at radius 3 is 2.04 bits per heavy atom. The number of rotatable bonds is 20. The highest BCUT2D eigenvalue weighted by molar-refractivity contribution is 5.69. The van der Waals surface area contributed by atoms with Crippen molar-refractivity contribution in [3.8, 4) is 0 Å². The Bertz CT molecular complexity index is 382. The molecule has 0 bridgehead atoms. The summed E-state index contributed by atoms with van der Waals surface area (Å²) < 4.78 is 5.31. The fourth-order valence-corrected chi connectivity index (χ4v) is 3.17. The van der Waals surface area contributed by atoms with E-state index in [0.717, 1.165) is 31.6 Å². The highest BCUT2D eigenvalue weighted by Crippen LogP contribution is 2.10. The lowest BCUT2D eigenvalue weighted by Crippen LogP contribution is -2.05. The molecular formula is C26H48O2. The van der Waals surface area contributed by atoms with Gasteiger partial charge in [-0.1, -0.05) is 96.4 Å². The predicted molar refractivity (Wildman–Crippen MR) is 124 cm³/mol. The van der Waals surface area contributed by atoms with Crippen molar-refractivity contribution in [3.63, 3.8) is 0 Å². The number of carbonyl (C=O) groups is 1. The van der Waals surface area contributed by atoms with Gasteiger partial charge in [0, 0.05) is 6.42 Å². The van der Waals surface area contributed by atoms with Gasteiger partial charge in [-0.3, -0.25) is 4.79 Å². The molecule has 0 saturated heterocycles. The number of allylic oxidation sites excluding steroid dienone is 4. The van der Waals surface area contributed by atoms with Crippen LogP contribution < -0.4 is 0 Å². The minimum atomic E-state index is -0.00505. The SMILES string of the molecule is CCCCC/C=C/C/C=C/CCCCCCCC(=O)OCCCCCC(C)C. The summed E-state index contributed by atoms with van der Waals surface area (Å²) in [6, 6.07) is 0. The molecule has 0 atom stereocenters. The lowest BCUT2D eigenvalue weighted by molar-refractivity contribution is -0.143. The van der Waals surface area contributed by atoms with E-state index >= 15 is 0 Å². The predicted octanol–water partition coefficient (Wildman–Crippen LogP) is 8.56. The van der Waals surface area contributed by atoms with E-state index in [2.05, 4.69) is 45.1 Å². The van der Waals surface area contributed by atoms with Gasteiger partial charge in [-0.05, 0) is 50.9 Å². The number of carbonyl (C=O) groups excluding carboxylic acids is 1. The second-order valence-corrected chi connectivity index (χ2v) is 8.44. The van der Waals surface area contributed by atoms with Crippen molar-refractivity contribution in [1.29, 1.82) is 0 Å². The van der Waals surface area contributed by atoms with E-state index in [1.54, 1.807) is 0 Å². The standard InChI is InChI=1S/C26H48O2/c1-4-5-6-7-8-9-10-11-12-13-14-15-16-17-20-23-26(27)28-24-21-18-19-22-25(2)3/h8-9,11-12,25H,4-7,10,13-24H2,1-3H3/b9-8+,12-11+. The van der Waals surface area contributed by atoms with Gasteiger partial charge in [0.2, 0.25) is 0 Å². The van der Waals surface area contributed by atoms with Crippen molar-refractivity contribution < 1.29 is 9.53 Å². The third-order valence-electron chi connectivity index (χ3n) is 5.02. The smallest absolute Gasteiger partial charge is 0.305 e. The summed E-state index contributed by atoms with van der Waals surface area (Å²) in [4.78, 5) is 11.7. The average Bonchev–Trinajstić information content (AvgIpc) is 2.67. The molecule has 0 aliphatic carbocycles. The maximum Gasteiger partial charge on any atom is 0.305 e. The molecule has 0 spiro atoms. The molecule has 0 aliphatic rings. The fraction of sp³-hybridized carbons (Fsp3) is 0.808. The lowest BCUT2D eigenvalue weighted by atomic mass is 10.1. The first kappa shape index (κ1) is 27.0. The highest BCUT2D eigenvalue weighted by atomic mass is 16.5. The molecule has 0 aromatic heterocycles. The molecule has 0 saturated carbocycles. The number of unbranched alkanes of at least 4 members (excludes halogenated alkanes) is 10. The van der Waals surface area contributed by atoms with Gasteiger partial charge in [0.25, 0.3) is 0 Å². The van der Waals surface area contributed by atoms with Crippen LogP contribution in [0.5, 0.6) is 0 Å². The van der Waals surface area contributed by atoms with Crippen molar-refractivity contribution >= 4 is 5.97 Å². The van der Waals surface area contributed by atoms with E-state index in [4.69, 9.17) is 4.74 Å². The molecule has 0 rings (SSSR count). The molecule has 2 heteroatoms. The van der Waals surface area contributed by atoms with Crippen LogP contribution in [0.15, 0.2) is 24.3 Å². The highest BCUT2D eigenvalue weighted by Gasteiger charge is 2.02. The van der Waals surface area contributed by atoms with Gasteiger partial charge in [-0.2, -0.15) is 0 Å². The summed E-state index contributed by atoms with van der Waals surface area (Å²) in [5.41, 5.74) is 0. The molecular weight excluding hydrogens is 344 g/mol. The van der Waals surface area contributed by atoms with E-state index in [1.807, 2.05) is 0 Å². The van der Waals surface area contributed by atoms with Crippen LogP contribution in [0.4, 0.5) is 0 Å². The van der Waals surface area contributed by atoms with Crippen molar-refractivity contribution in [1.82, 2.24) is 0 Å². The number of hydrogen-bond acceptors (Lipinski definition) is 2. The first-order valence-corrected chi connectivity index (χ1v) is 12.1. The quantitative estimate of drug-likeness (QED) is 0.118. The lowest BCUT2D eigenvalue weighted by Gasteiger charge is -2.06. The molecule has 0 aromatic rings. The third-order valence-corrected chi connectivity index (χ3v) is 5.02. The first-order chi connectivity index (χ1) is 13.7. The van der Waals surface area contributed by atoms with Crippen molar-refractivity contribution in [2.45, 2.75) is 124 Å². The van der Waals surface area contributed by atoms with Gasteiger partial charge in [0.15, 0.2) is 0 Å². The van der Waals surface area contributed by atoms with Gasteiger partial charge < -0.3 is 4.74 Å². The van der Waals surface area contributed by atoms with Crippen LogP contribution >= 0.6 is 0 Å². The van der Waals surface area contributed by atoms with Crippen LogP contribution in [-0.2, 0) is 9.53 Å². The van der Waals surface area contributed by atoms with E-state index in [-0.39, 0.29) is 5.97 Å². The Balaban J connectivity index is 3.27. The van der Waals surface area contributed by atoms with Gasteiger partial charge in [0.05, 0.1) is 6.61 Å². The Kier molecular flexibility index (Phi) is 21.4. The number of ether oxygens (including phenoxy) is 1. The summed E-state index contributed by atoms with van der Waals surface area (Å²) in [5.74, 6) is 0.773. The molecule has 0 aromatic carbocycles. The zero-order chi connectivity index (χ0) is 20.7. The van der Waals surface area contributed by atoms with Gasteiger partial charge in [-0.25, -0.2) is 0 Å². The van der Waals surface area contributed by atoms with Gasteiger partial charge in [-0.15, -0.1) is 0 Å². The van der Waals surface area contributed by atoms with E-state index in [9.17, 15) is 4.79 Å². The maximum absolute atomic E-state index is 11.7. The summed E-state index contributed by atoms with van der Waals surface area (Å²) in [7, 11) is 0. The third kappa shape index (κ3) is 23.0. The molecule has 0 fully saturated rings. The topological polar surface area (TPSA) is 26.3 Å². The normalized spacial score (nSPS) is 11.9. The van der Waals surface area contributed by atoms with Gasteiger partial charge >= 0.3 is 5.97 Å². The second-order valence-electron chi connectivity index (χ2n) is 8.44. The van der Waals surface area contributed by atoms with Crippen molar-refractivity contribution in [2.75, 3.05) is 6.61 Å². The van der Waals surface area contributed by atoms with Crippen LogP contribution in [0.25, 0.3) is 0 Å². The molecule has 28 heavy (non-hydrogen) atoms. The summed E-state index contributed by atoms with van der Waals surface area (Å²) in [6.07, 6.45) is 27.9. The zero-order valence-corrected chi connectivity index (χ0v) is 19.2. The van der Waals surface area contributed by atoms with Crippen LogP contribution in [0.3, 0.4) is 0 Å². The van der Waals surface area contributed by atoms with E-state index < -0.39 is 0 Å². The molecule has 0 amide bonds. The Morgan fingerprint density at radius 1 is 0.750 bits per heavy atom. The van der Waals surface area contributed by atoms with Crippen molar-refractivity contribution in [3.05, 3.63) is 24.3 Å². The largest absolute Gasteiger partial charge is 0.466 e.